The first-order valence-electron chi connectivity index (χ1n) is 9.42. The molecule has 0 unspecified atom stereocenters. The largest absolute Gasteiger partial charge is 0.314 e. The lowest BCUT2D eigenvalue weighted by Gasteiger charge is -2.10. The molecular formula is C22H19FN4O2S. The molecule has 2 aromatic carbocycles. The Morgan fingerprint density at radius 3 is 2.83 bits per heavy atom. The van der Waals surface area contributed by atoms with E-state index in [1.165, 1.54) is 17.8 Å². The van der Waals surface area contributed by atoms with Crippen LogP contribution in [0, 0.1) is 5.82 Å². The Kier molecular flexibility index (Phi) is 5.76. The molecule has 0 N–H and O–H groups in total. The summed E-state index contributed by atoms with van der Waals surface area (Å²) in [6, 6.07) is 11.8. The number of benzene rings is 2. The molecule has 0 bridgehead atoms. The van der Waals surface area contributed by atoms with Crippen LogP contribution in [0.25, 0.3) is 11.4 Å². The number of hydrogen-bond donors (Lipinski definition) is 0. The van der Waals surface area contributed by atoms with Gasteiger partial charge in [-0.1, -0.05) is 30.0 Å². The summed E-state index contributed by atoms with van der Waals surface area (Å²) in [7, 11) is 0. The van der Waals surface area contributed by atoms with Crippen LogP contribution in [0.5, 0.6) is 0 Å². The molecule has 152 valence electrons. The van der Waals surface area contributed by atoms with E-state index in [1.54, 1.807) is 39.8 Å². The number of ketones is 1. The predicted molar refractivity (Wildman–Crippen MR) is 114 cm³/mol. The van der Waals surface area contributed by atoms with Crippen LogP contribution in [0.4, 0.5) is 10.1 Å². The summed E-state index contributed by atoms with van der Waals surface area (Å²) in [6.07, 6.45) is 3.23. The third-order valence-corrected chi connectivity index (χ3v) is 5.90. The average Bonchev–Trinajstić information content (AvgIpc) is 3.36. The summed E-state index contributed by atoms with van der Waals surface area (Å²) in [6.45, 7) is 4.78. The molecule has 0 atom stereocenters. The second-order valence-electron chi connectivity index (χ2n) is 6.79. The van der Waals surface area contributed by atoms with Crippen molar-refractivity contribution in [3.8, 4) is 11.4 Å². The normalized spacial score (nSPS) is 12.6. The number of nitrogens with zero attached hydrogens (tertiary/aromatic N) is 4. The van der Waals surface area contributed by atoms with E-state index in [2.05, 4.69) is 16.8 Å². The number of thioether (sulfide) groups is 1. The molecule has 1 aliphatic heterocycles. The minimum atomic E-state index is -0.384. The molecule has 6 nitrogen and oxygen atoms in total. The topological polar surface area (TPSA) is 68.1 Å². The van der Waals surface area contributed by atoms with Crippen molar-refractivity contribution < 1.29 is 14.0 Å². The number of Topliss-reactive ketones (excluding diaryl/α,β-unsaturated/α-hetero) is 1. The number of anilines is 1. The highest BCUT2D eigenvalue weighted by Gasteiger charge is 2.21. The van der Waals surface area contributed by atoms with Crippen molar-refractivity contribution in [2.75, 3.05) is 17.2 Å². The maximum Gasteiger partial charge on any atom is 0.214 e. The van der Waals surface area contributed by atoms with Gasteiger partial charge in [0.05, 0.1) is 11.3 Å². The number of rotatable bonds is 8. The first-order chi connectivity index (χ1) is 14.6. The maximum atomic E-state index is 14.2. The van der Waals surface area contributed by atoms with Crippen molar-refractivity contribution >= 4 is 29.6 Å². The molecule has 0 spiro atoms. The van der Waals surface area contributed by atoms with Gasteiger partial charge in [-0.15, -0.1) is 16.8 Å². The van der Waals surface area contributed by atoms with E-state index in [0.717, 1.165) is 24.1 Å². The van der Waals surface area contributed by atoms with Gasteiger partial charge in [0.25, 0.3) is 0 Å². The summed E-state index contributed by atoms with van der Waals surface area (Å²) in [5.41, 5.74) is 2.80. The Morgan fingerprint density at radius 1 is 1.23 bits per heavy atom. The van der Waals surface area contributed by atoms with Crippen molar-refractivity contribution in [3.63, 3.8) is 0 Å². The van der Waals surface area contributed by atoms with Crippen LogP contribution in [-0.2, 0) is 17.8 Å². The fourth-order valence-corrected chi connectivity index (χ4v) is 4.30. The van der Waals surface area contributed by atoms with Gasteiger partial charge >= 0.3 is 0 Å². The lowest BCUT2D eigenvalue weighted by atomic mass is 10.1. The number of carbonyl (C=O) groups is 2. The Balaban J connectivity index is 1.53. The average molecular weight is 422 g/mol. The van der Waals surface area contributed by atoms with E-state index in [-0.39, 0.29) is 17.4 Å². The summed E-state index contributed by atoms with van der Waals surface area (Å²) >= 11 is 1.25. The van der Waals surface area contributed by atoms with Crippen LogP contribution in [0.1, 0.15) is 15.9 Å². The van der Waals surface area contributed by atoms with Gasteiger partial charge in [-0.2, -0.15) is 0 Å². The van der Waals surface area contributed by atoms with Crippen molar-refractivity contribution in [3.05, 3.63) is 72.1 Å². The van der Waals surface area contributed by atoms with Gasteiger partial charge in [0.1, 0.15) is 5.82 Å². The van der Waals surface area contributed by atoms with E-state index < -0.39 is 0 Å². The van der Waals surface area contributed by atoms with Crippen LogP contribution in [0.2, 0.25) is 0 Å². The number of aromatic nitrogens is 3. The molecule has 0 saturated heterocycles. The quantitative estimate of drug-likeness (QED) is 0.239. The molecule has 0 fully saturated rings. The molecule has 3 aromatic rings. The minimum absolute atomic E-state index is 0.0482. The van der Waals surface area contributed by atoms with Crippen LogP contribution in [-0.4, -0.2) is 39.3 Å². The summed E-state index contributed by atoms with van der Waals surface area (Å²) < 4.78 is 16.0. The van der Waals surface area contributed by atoms with Crippen LogP contribution in [0.3, 0.4) is 0 Å². The Morgan fingerprint density at radius 2 is 2.07 bits per heavy atom. The fourth-order valence-electron chi connectivity index (χ4n) is 3.45. The molecule has 0 aliphatic carbocycles. The van der Waals surface area contributed by atoms with Crippen LogP contribution in [0.15, 0.2) is 60.3 Å². The molecule has 1 aromatic heterocycles. The van der Waals surface area contributed by atoms with E-state index in [1.807, 2.05) is 12.1 Å². The molecule has 0 radical (unpaired) electrons. The highest BCUT2D eigenvalue weighted by molar-refractivity contribution is 7.99. The highest BCUT2D eigenvalue weighted by Crippen LogP contribution is 2.29. The third kappa shape index (κ3) is 3.78. The van der Waals surface area contributed by atoms with Gasteiger partial charge < -0.3 is 4.90 Å². The molecule has 1 amide bonds. The van der Waals surface area contributed by atoms with E-state index in [4.69, 9.17) is 0 Å². The zero-order valence-electron chi connectivity index (χ0n) is 16.1. The first kappa shape index (κ1) is 20.0. The van der Waals surface area contributed by atoms with Gasteiger partial charge in [-0.25, -0.2) is 4.39 Å². The van der Waals surface area contributed by atoms with Gasteiger partial charge in [0.2, 0.25) is 6.41 Å². The number of amides is 1. The van der Waals surface area contributed by atoms with Crippen molar-refractivity contribution in [2.24, 2.45) is 0 Å². The van der Waals surface area contributed by atoms with E-state index in [0.29, 0.717) is 35.2 Å². The lowest BCUT2D eigenvalue weighted by molar-refractivity contribution is -0.107. The molecular weight excluding hydrogens is 403 g/mol. The first-order valence-corrected chi connectivity index (χ1v) is 10.4. The smallest absolute Gasteiger partial charge is 0.214 e. The Labute approximate surface area is 177 Å². The SMILES string of the molecule is C=CCn1c(SCC(=O)c2ccc3c(c2)CCN3C=O)nnc1-c1ccccc1F. The maximum absolute atomic E-state index is 14.2. The summed E-state index contributed by atoms with van der Waals surface area (Å²) in [5.74, 6) is 0.135. The second kappa shape index (κ2) is 8.62. The number of hydrogen-bond acceptors (Lipinski definition) is 5. The lowest BCUT2D eigenvalue weighted by Crippen LogP contribution is -2.17. The third-order valence-electron chi connectivity index (χ3n) is 4.94. The summed E-state index contributed by atoms with van der Waals surface area (Å²) in [5, 5.41) is 8.82. The summed E-state index contributed by atoms with van der Waals surface area (Å²) in [4.78, 5) is 25.4. The zero-order valence-corrected chi connectivity index (χ0v) is 16.9. The Hall–Kier alpha value is -3.26. The van der Waals surface area contributed by atoms with Gasteiger partial charge in [-0.05, 0) is 42.3 Å². The molecule has 4 rings (SSSR count). The number of allylic oxidation sites excluding steroid dienone is 1. The fraction of sp³-hybridized carbons (Fsp3) is 0.182. The molecule has 1 aliphatic rings. The predicted octanol–water partition coefficient (Wildman–Crippen LogP) is 3.76. The molecule has 8 heteroatoms. The second-order valence-corrected chi connectivity index (χ2v) is 7.73. The number of carbonyl (C=O) groups excluding carboxylic acids is 2. The van der Waals surface area contributed by atoms with Crippen molar-refractivity contribution in [1.82, 2.24) is 14.8 Å². The number of halogens is 1. The van der Waals surface area contributed by atoms with Gasteiger partial charge in [0, 0.05) is 24.3 Å². The minimum Gasteiger partial charge on any atom is -0.314 e. The van der Waals surface area contributed by atoms with Gasteiger partial charge in [0.15, 0.2) is 16.8 Å². The van der Waals surface area contributed by atoms with Crippen LogP contribution >= 0.6 is 11.8 Å². The monoisotopic (exact) mass is 422 g/mol. The van der Waals surface area contributed by atoms with Crippen LogP contribution < -0.4 is 4.90 Å². The standard InChI is InChI=1S/C22H19FN4O2S/c1-2-10-27-21(17-5-3-4-6-18(17)23)24-25-22(27)30-13-20(29)16-7-8-19-15(12-16)9-11-26(19)14-28/h2-8,12,14H,1,9-11,13H2. The molecule has 2 heterocycles. The van der Waals surface area contributed by atoms with Crippen molar-refractivity contribution in [2.45, 2.75) is 18.1 Å². The Bertz CT molecular complexity index is 1130. The zero-order chi connectivity index (χ0) is 21.1. The molecule has 30 heavy (non-hydrogen) atoms. The van der Waals surface area contributed by atoms with E-state index >= 15 is 0 Å². The highest BCUT2D eigenvalue weighted by atomic mass is 32.2. The van der Waals surface area contributed by atoms with Crippen molar-refractivity contribution in [1.29, 1.82) is 0 Å². The van der Waals surface area contributed by atoms with Gasteiger partial charge in [-0.3, -0.25) is 14.2 Å². The van der Waals surface area contributed by atoms with E-state index in [9.17, 15) is 14.0 Å². The number of fused-ring (bicyclic) bond motifs is 1. The molecule has 0 saturated carbocycles.